The minimum Gasteiger partial charge on any atom is -0.331 e. The van der Waals surface area contributed by atoms with E-state index in [9.17, 15) is 4.79 Å². The molecule has 1 fully saturated rings. The number of nitrogens with zero attached hydrogens (tertiary/aromatic N) is 7. The highest BCUT2D eigenvalue weighted by Gasteiger charge is 2.32. The number of aryl methyl sites for hydroxylation is 2. The number of aromatic nitrogens is 5. The number of carbonyl (C=O) groups is 1. The second-order valence-electron chi connectivity index (χ2n) is 7.53. The van der Waals surface area contributed by atoms with Gasteiger partial charge in [0.05, 0.1) is 30.2 Å². The first-order valence-electron chi connectivity index (χ1n) is 9.95. The van der Waals surface area contributed by atoms with Crippen molar-refractivity contribution in [2.75, 3.05) is 18.2 Å². The number of para-hydroxylation sites is 1. The van der Waals surface area contributed by atoms with Crippen LogP contribution in [0, 0.1) is 13.8 Å². The van der Waals surface area contributed by atoms with E-state index in [2.05, 4.69) is 20.2 Å². The van der Waals surface area contributed by atoms with Crippen molar-refractivity contribution in [1.29, 1.82) is 0 Å². The third-order valence-electron chi connectivity index (χ3n) is 4.96. The summed E-state index contributed by atoms with van der Waals surface area (Å²) in [6, 6.07) is 9.16. The molecule has 4 rings (SSSR count). The maximum Gasteiger partial charge on any atom is 0.256 e. The minimum atomic E-state index is -0.204. The summed E-state index contributed by atoms with van der Waals surface area (Å²) in [7, 11) is 0. The predicted molar refractivity (Wildman–Crippen MR) is 111 cm³/mol. The average Bonchev–Trinajstić information content (AvgIpc) is 3.20. The summed E-state index contributed by atoms with van der Waals surface area (Å²) in [5, 5.41) is 10.1. The lowest BCUT2D eigenvalue weighted by molar-refractivity contribution is 0.0412. The number of hydrogen-bond donors (Lipinski definition) is 0. The Balaban J connectivity index is 1.62. The van der Waals surface area contributed by atoms with Gasteiger partial charge in [-0.1, -0.05) is 12.1 Å². The average molecular weight is 407 g/mol. The normalized spacial score (nSPS) is 19.6. The van der Waals surface area contributed by atoms with Gasteiger partial charge in [0.1, 0.15) is 11.9 Å². The first-order valence-corrected chi connectivity index (χ1v) is 9.95. The lowest BCUT2D eigenvalue weighted by Gasteiger charge is -2.28. The van der Waals surface area contributed by atoms with Crippen LogP contribution < -0.4 is 5.06 Å². The van der Waals surface area contributed by atoms with Crippen LogP contribution in [0.1, 0.15) is 35.7 Å². The van der Waals surface area contributed by atoms with Crippen molar-refractivity contribution in [3.05, 3.63) is 59.8 Å². The highest BCUT2D eigenvalue weighted by Crippen LogP contribution is 2.23. The molecule has 0 spiro atoms. The summed E-state index contributed by atoms with van der Waals surface area (Å²) in [5.41, 5.74) is 2.07. The maximum absolute atomic E-state index is 13.5. The molecule has 1 saturated heterocycles. The molecule has 1 unspecified atom stereocenters. The van der Waals surface area contributed by atoms with E-state index in [1.165, 1.54) is 4.80 Å². The molecule has 3 heterocycles. The number of rotatable bonds is 3. The van der Waals surface area contributed by atoms with Crippen LogP contribution >= 0.6 is 0 Å². The van der Waals surface area contributed by atoms with Crippen LogP contribution in [-0.4, -0.2) is 61.0 Å². The van der Waals surface area contributed by atoms with Gasteiger partial charge in [-0.3, -0.25) is 9.63 Å². The summed E-state index contributed by atoms with van der Waals surface area (Å²) in [6.07, 6.45) is 2.98. The third-order valence-corrected chi connectivity index (χ3v) is 4.96. The molecule has 3 aromatic rings. The second kappa shape index (κ2) is 8.19. The number of carbonyl (C=O) groups excluding carboxylic acids is 1. The Labute approximate surface area is 175 Å². The van der Waals surface area contributed by atoms with Crippen molar-refractivity contribution in [3.8, 4) is 5.69 Å². The Morgan fingerprint density at radius 1 is 1.07 bits per heavy atom. The fourth-order valence-electron chi connectivity index (χ4n) is 3.67. The Hall–Kier alpha value is -3.33. The molecule has 30 heavy (non-hydrogen) atoms. The SMILES string of the molecule is Cc1cc(N2CC(C)N(C(=O)c3ccccc3-n3nccn3)C[C@H](C)O2)nc(C)n1. The van der Waals surface area contributed by atoms with Gasteiger partial charge in [0, 0.05) is 24.3 Å². The monoisotopic (exact) mass is 407 g/mol. The molecule has 0 N–H and O–H groups in total. The standard InChI is InChI=1S/C21H25N7O2/c1-14-11-20(25-17(4)24-14)27-12-15(2)26(13-16(3)30-27)21(29)18-7-5-6-8-19(18)28-22-9-10-23-28/h5-11,15-16H,12-13H2,1-4H3/t15?,16-/m0/s1. The fourth-order valence-corrected chi connectivity index (χ4v) is 3.67. The van der Waals surface area contributed by atoms with E-state index < -0.39 is 0 Å². The molecule has 156 valence electrons. The first kappa shape index (κ1) is 20.0. The van der Waals surface area contributed by atoms with E-state index in [4.69, 9.17) is 4.84 Å². The van der Waals surface area contributed by atoms with Crippen LogP contribution in [0.2, 0.25) is 0 Å². The van der Waals surface area contributed by atoms with Crippen LogP contribution in [0.5, 0.6) is 0 Å². The molecule has 9 nitrogen and oxygen atoms in total. The van der Waals surface area contributed by atoms with E-state index in [0.717, 1.165) is 5.69 Å². The van der Waals surface area contributed by atoms with Crippen molar-refractivity contribution in [2.24, 2.45) is 0 Å². The summed E-state index contributed by atoms with van der Waals surface area (Å²) >= 11 is 0. The Kier molecular flexibility index (Phi) is 5.45. The van der Waals surface area contributed by atoms with E-state index in [0.29, 0.717) is 36.0 Å². The highest BCUT2D eigenvalue weighted by molar-refractivity contribution is 5.98. The van der Waals surface area contributed by atoms with E-state index in [1.54, 1.807) is 23.5 Å². The minimum absolute atomic E-state index is 0.0808. The van der Waals surface area contributed by atoms with Crippen molar-refractivity contribution in [3.63, 3.8) is 0 Å². The Morgan fingerprint density at radius 3 is 2.53 bits per heavy atom. The topological polar surface area (TPSA) is 89.3 Å². The van der Waals surface area contributed by atoms with Gasteiger partial charge in [-0.25, -0.2) is 15.0 Å². The van der Waals surface area contributed by atoms with Gasteiger partial charge in [0.2, 0.25) is 0 Å². The number of amides is 1. The van der Waals surface area contributed by atoms with Crippen molar-refractivity contribution in [2.45, 2.75) is 39.8 Å². The molecule has 0 bridgehead atoms. The summed E-state index contributed by atoms with van der Waals surface area (Å²) in [5.74, 6) is 1.31. The smallest absolute Gasteiger partial charge is 0.256 e. The molecule has 0 saturated carbocycles. The second-order valence-corrected chi connectivity index (χ2v) is 7.53. The van der Waals surface area contributed by atoms with Gasteiger partial charge in [-0.05, 0) is 39.8 Å². The number of hydrogen-bond acceptors (Lipinski definition) is 7. The quantitative estimate of drug-likeness (QED) is 0.658. The molecule has 0 radical (unpaired) electrons. The van der Waals surface area contributed by atoms with Crippen LogP contribution in [0.25, 0.3) is 5.69 Å². The molecule has 2 atom stereocenters. The molecule has 0 aliphatic carbocycles. The summed E-state index contributed by atoms with van der Waals surface area (Å²) in [4.78, 5) is 31.8. The molecular formula is C21H25N7O2. The molecule has 2 aromatic heterocycles. The van der Waals surface area contributed by atoms with E-state index in [-0.39, 0.29) is 18.1 Å². The molecule has 1 aliphatic heterocycles. The van der Waals surface area contributed by atoms with Crippen molar-refractivity contribution >= 4 is 11.7 Å². The zero-order valence-electron chi connectivity index (χ0n) is 17.6. The maximum atomic E-state index is 13.5. The largest absolute Gasteiger partial charge is 0.331 e. The lowest BCUT2D eigenvalue weighted by atomic mass is 10.1. The van der Waals surface area contributed by atoms with Crippen molar-refractivity contribution < 1.29 is 9.63 Å². The van der Waals surface area contributed by atoms with Crippen LogP contribution in [0.15, 0.2) is 42.7 Å². The van der Waals surface area contributed by atoms with Crippen molar-refractivity contribution in [1.82, 2.24) is 29.9 Å². The molecule has 1 amide bonds. The molecule has 1 aromatic carbocycles. The van der Waals surface area contributed by atoms with E-state index in [1.807, 2.05) is 56.9 Å². The Morgan fingerprint density at radius 2 is 1.80 bits per heavy atom. The summed E-state index contributed by atoms with van der Waals surface area (Å²) < 4.78 is 0. The molecular weight excluding hydrogens is 382 g/mol. The Bertz CT molecular complexity index is 1020. The van der Waals surface area contributed by atoms with Gasteiger partial charge in [0.25, 0.3) is 5.91 Å². The van der Waals surface area contributed by atoms with Gasteiger partial charge < -0.3 is 4.90 Å². The number of hydroxylamine groups is 1. The van der Waals surface area contributed by atoms with Gasteiger partial charge in [0.15, 0.2) is 5.82 Å². The van der Waals surface area contributed by atoms with Crippen LogP contribution in [0.4, 0.5) is 5.82 Å². The zero-order valence-corrected chi connectivity index (χ0v) is 17.6. The predicted octanol–water partition coefficient (Wildman–Crippen LogP) is 2.35. The number of anilines is 1. The zero-order chi connectivity index (χ0) is 21.3. The van der Waals surface area contributed by atoms with Gasteiger partial charge in [-0.2, -0.15) is 15.0 Å². The molecule has 1 aliphatic rings. The highest BCUT2D eigenvalue weighted by atomic mass is 16.7. The van der Waals surface area contributed by atoms with Crippen LogP contribution in [0.3, 0.4) is 0 Å². The lowest BCUT2D eigenvalue weighted by Crippen LogP contribution is -2.43. The fraction of sp³-hybridized carbons (Fsp3) is 0.381. The number of benzene rings is 1. The van der Waals surface area contributed by atoms with Gasteiger partial charge in [-0.15, -0.1) is 0 Å². The van der Waals surface area contributed by atoms with Crippen LogP contribution in [-0.2, 0) is 4.84 Å². The third kappa shape index (κ3) is 4.02. The van der Waals surface area contributed by atoms with Gasteiger partial charge >= 0.3 is 0 Å². The first-order chi connectivity index (χ1) is 14.4. The van der Waals surface area contributed by atoms with E-state index >= 15 is 0 Å². The summed E-state index contributed by atoms with van der Waals surface area (Å²) in [6.45, 7) is 8.71. The molecule has 9 heteroatoms.